The normalized spacial score (nSPS) is 17.4. The number of carbonyl (C=O) groups excluding carboxylic acids is 2. The van der Waals surface area contributed by atoms with Crippen LogP contribution in [0, 0.1) is 6.92 Å². The zero-order chi connectivity index (χ0) is 28.6. The van der Waals surface area contributed by atoms with E-state index in [0.29, 0.717) is 54.5 Å². The van der Waals surface area contributed by atoms with E-state index in [2.05, 4.69) is 15.4 Å². The summed E-state index contributed by atoms with van der Waals surface area (Å²) in [7, 11) is -3.86. The van der Waals surface area contributed by atoms with Gasteiger partial charge in [0.1, 0.15) is 6.04 Å². The van der Waals surface area contributed by atoms with Crippen LogP contribution in [0.2, 0.25) is 0 Å². The molecule has 2 heterocycles. The molecule has 3 N–H and O–H groups in total. The summed E-state index contributed by atoms with van der Waals surface area (Å²) in [5, 5.41) is 7.43. The molecular weight excluding hydrogens is 536 g/mol. The SMILES string of the molecule is Cc1ccccc1C(=O)Nc1ccc(S(=O)(=O)NC2CCN(C(=O)[C@H]3NCc4ccccc43)CC2)c2ccccc12. The highest BCUT2D eigenvalue weighted by Gasteiger charge is 2.34. The Morgan fingerprint density at radius 1 is 0.854 bits per heavy atom. The molecule has 0 bridgehead atoms. The summed E-state index contributed by atoms with van der Waals surface area (Å²) in [6, 6.07) is 25.0. The minimum absolute atomic E-state index is 0.0329. The lowest BCUT2D eigenvalue weighted by atomic mass is 10.0. The Morgan fingerprint density at radius 2 is 1.54 bits per heavy atom. The van der Waals surface area contributed by atoms with Crippen LogP contribution in [0.4, 0.5) is 5.69 Å². The maximum absolute atomic E-state index is 13.6. The number of anilines is 1. The molecule has 41 heavy (non-hydrogen) atoms. The third kappa shape index (κ3) is 5.36. The first-order valence-corrected chi connectivity index (χ1v) is 15.3. The number of nitrogens with zero attached hydrogens (tertiary/aromatic N) is 1. The molecule has 8 nitrogen and oxygen atoms in total. The van der Waals surface area contributed by atoms with E-state index in [4.69, 9.17) is 0 Å². The van der Waals surface area contributed by atoms with E-state index in [1.165, 1.54) is 0 Å². The number of aryl methyl sites for hydroxylation is 1. The van der Waals surface area contributed by atoms with E-state index in [1.54, 1.807) is 36.4 Å². The fourth-order valence-corrected chi connectivity index (χ4v) is 7.35. The van der Waals surface area contributed by atoms with E-state index in [9.17, 15) is 18.0 Å². The lowest BCUT2D eigenvalue weighted by Gasteiger charge is -2.34. The van der Waals surface area contributed by atoms with Crippen molar-refractivity contribution in [2.24, 2.45) is 0 Å². The fourth-order valence-electron chi connectivity index (χ4n) is 5.83. The molecule has 4 aromatic carbocycles. The van der Waals surface area contributed by atoms with Gasteiger partial charge in [0.2, 0.25) is 15.9 Å². The highest BCUT2D eigenvalue weighted by atomic mass is 32.2. The monoisotopic (exact) mass is 568 g/mol. The van der Waals surface area contributed by atoms with E-state index in [1.807, 2.05) is 60.4 Å². The smallest absolute Gasteiger partial charge is 0.255 e. The zero-order valence-electron chi connectivity index (χ0n) is 22.8. The number of fused-ring (bicyclic) bond motifs is 2. The lowest BCUT2D eigenvalue weighted by Crippen LogP contribution is -2.48. The number of amides is 2. The maximum Gasteiger partial charge on any atom is 0.255 e. The van der Waals surface area contributed by atoms with Crippen LogP contribution in [0.3, 0.4) is 0 Å². The minimum Gasteiger partial charge on any atom is -0.341 e. The molecule has 0 spiro atoms. The van der Waals surface area contributed by atoms with Gasteiger partial charge < -0.3 is 10.2 Å². The number of hydrogen-bond acceptors (Lipinski definition) is 5. The van der Waals surface area contributed by atoms with Crippen LogP contribution >= 0.6 is 0 Å². The first-order chi connectivity index (χ1) is 19.8. The van der Waals surface area contributed by atoms with Crippen molar-refractivity contribution in [3.63, 3.8) is 0 Å². The average molecular weight is 569 g/mol. The lowest BCUT2D eigenvalue weighted by molar-refractivity contribution is -0.134. The first kappa shape index (κ1) is 27.1. The van der Waals surface area contributed by atoms with Crippen LogP contribution in [0.5, 0.6) is 0 Å². The van der Waals surface area contributed by atoms with Crippen molar-refractivity contribution in [2.75, 3.05) is 18.4 Å². The third-order valence-corrected chi connectivity index (χ3v) is 9.63. The highest BCUT2D eigenvalue weighted by molar-refractivity contribution is 7.89. The van der Waals surface area contributed by atoms with Gasteiger partial charge in [-0.05, 0) is 54.7 Å². The summed E-state index contributed by atoms with van der Waals surface area (Å²) < 4.78 is 30.0. The van der Waals surface area contributed by atoms with Crippen molar-refractivity contribution in [3.05, 3.63) is 107 Å². The van der Waals surface area contributed by atoms with Crippen molar-refractivity contribution in [3.8, 4) is 0 Å². The van der Waals surface area contributed by atoms with Crippen LogP contribution in [0.25, 0.3) is 10.8 Å². The van der Waals surface area contributed by atoms with E-state index >= 15 is 0 Å². The predicted octanol–water partition coefficient (Wildman–Crippen LogP) is 4.51. The Hall–Kier alpha value is -4.05. The molecule has 4 aromatic rings. The second kappa shape index (κ2) is 11.1. The van der Waals surface area contributed by atoms with Gasteiger partial charge in [-0.1, -0.05) is 66.7 Å². The number of sulfonamides is 1. The van der Waals surface area contributed by atoms with Gasteiger partial charge in [-0.15, -0.1) is 0 Å². The van der Waals surface area contributed by atoms with Crippen molar-refractivity contribution in [2.45, 2.75) is 43.3 Å². The molecule has 2 aliphatic heterocycles. The first-order valence-electron chi connectivity index (χ1n) is 13.8. The number of piperidine rings is 1. The Morgan fingerprint density at radius 3 is 2.32 bits per heavy atom. The molecule has 0 saturated carbocycles. The molecule has 0 unspecified atom stereocenters. The fraction of sp³-hybridized carbons (Fsp3) is 0.250. The van der Waals surface area contributed by atoms with Crippen LogP contribution in [-0.2, 0) is 21.4 Å². The number of nitrogens with one attached hydrogen (secondary N) is 3. The molecule has 1 atom stereocenters. The molecule has 6 rings (SSSR count). The number of hydrogen-bond donors (Lipinski definition) is 3. The second-order valence-corrected chi connectivity index (χ2v) is 12.3. The van der Waals surface area contributed by atoms with Gasteiger partial charge in [0.15, 0.2) is 0 Å². The summed E-state index contributed by atoms with van der Waals surface area (Å²) >= 11 is 0. The number of rotatable bonds is 6. The van der Waals surface area contributed by atoms with Crippen LogP contribution in [0.15, 0.2) is 89.8 Å². The van der Waals surface area contributed by atoms with Gasteiger partial charge in [-0.2, -0.15) is 0 Å². The van der Waals surface area contributed by atoms with Crippen molar-refractivity contribution in [1.82, 2.24) is 14.9 Å². The van der Waals surface area contributed by atoms with Gasteiger partial charge in [0, 0.05) is 47.7 Å². The predicted molar refractivity (Wildman–Crippen MR) is 159 cm³/mol. The topological polar surface area (TPSA) is 108 Å². The molecule has 210 valence electrons. The molecule has 2 amide bonds. The second-order valence-electron chi connectivity index (χ2n) is 10.7. The zero-order valence-corrected chi connectivity index (χ0v) is 23.6. The molecule has 9 heteroatoms. The number of carbonyl (C=O) groups is 2. The summed E-state index contributed by atoms with van der Waals surface area (Å²) in [5.74, 6) is -0.217. The molecular formula is C32H32N4O4S. The average Bonchev–Trinajstić information content (AvgIpc) is 3.41. The molecule has 2 aliphatic rings. The number of likely N-dealkylation sites (tertiary alicyclic amines) is 1. The van der Waals surface area contributed by atoms with E-state index in [0.717, 1.165) is 16.7 Å². The Bertz CT molecular complexity index is 1750. The van der Waals surface area contributed by atoms with Crippen molar-refractivity contribution < 1.29 is 18.0 Å². The van der Waals surface area contributed by atoms with Gasteiger partial charge in [0.25, 0.3) is 5.91 Å². The summed E-state index contributed by atoms with van der Waals surface area (Å²) in [6.45, 7) is 3.51. The molecule has 0 radical (unpaired) electrons. The van der Waals surface area contributed by atoms with Gasteiger partial charge in [0.05, 0.1) is 4.90 Å². The Balaban J connectivity index is 1.15. The molecule has 1 fully saturated rings. The van der Waals surface area contributed by atoms with Crippen molar-refractivity contribution in [1.29, 1.82) is 0 Å². The van der Waals surface area contributed by atoms with Gasteiger partial charge >= 0.3 is 0 Å². The van der Waals surface area contributed by atoms with Crippen LogP contribution < -0.4 is 15.4 Å². The van der Waals surface area contributed by atoms with E-state index in [-0.39, 0.29) is 28.8 Å². The molecule has 0 aliphatic carbocycles. The van der Waals surface area contributed by atoms with E-state index < -0.39 is 10.0 Å². The van der Waals surface area contributed by atoms with Crippen LogP contribution in [0.1, 0.15) is 45.9 Å². The quantitative estimate of drug-likeness (QED) is 0.317. The number of benzene rings is 4. The Labute approximate surface area is 239 Å². The third-order valence-electron chi connectivity index (χ3n) is 8.05. The minimum atomic E-state index is -3.86. The Kier molecular flexibility index (Phi) is 7.33. The van der Waals surface area contributed by atoms with Crippen LogP contribution in [-0.4, -0.2) is 44.3 Å². The van der Waals surface area contributed by atoms with Crippen molar-refractivity contribution >= 4 is 38.3 Å². The van der Waals surface area contributed by atoms with Gasteiger partial charge in [-0.3, -0.25) is 14.9 Å². The standard InChI is InChI=1S/C32H32N4O4S/c1-21-8-2-4-10-24(21)31(37)34-28-14-15-29(27-13-7-6-12-26(27)28)41(39,40)35-23-16-18-36(19-17-23)32(38)30-25-11-5-3-9-22(25)20-33-30/h2-15,23,30,33,35H,16-20H2,1H3,(H,34,37)/t30-/m0/s1. The molecule has 0 aromatic heterocycles. The molecule has 1 saturated heterocycles. The van der Waals surface area contributed by atoms with Gasteiger partial charge in [-0.25, -0.2) is 13.1 Å². The summed E-state index contributed by atoms with van der Waals surface area (Å²) in [5.41, 5.74) is 4.12. The largest absolute Gasteiger partial charge is 0.341 e. The summed E-state index contributed by atoms with van der Waals surface area (Å²) in [6.07, 6.45) is 1.06. The highest BCUT2D eigenvalue weighted by Crippen LogP contribution is 2.31. The maximum atomic E-state index is 13.6. The summed E-state index contributed by atoms with van der Waals surface area (Å²) in [4.78, 5) is 28.2.